The molecular weight excluding hydrogens is 501 g/mol. The number of piperidine rings is 1. The van der Waals surface area contributed by atoms with Crippen LogP contribution < -0.4 is 4.90 Å². The number of aryl methyl sites for hydroxylation is 2. The number of esters is 1. The molecule has 0 atom stereocenters. The molecule has 4 rings (SSSR count). The van der Waals surface area contributed by atoms with E-state index in [2.05, 4.69) is 61.9 Å². The molecule has 40 heavy (non-hydrogen) atoms. The third kappa shape index (κ3) is 7.48. The summed E-state index contributed by atoms with van der Waals surface area (Å²) in [5.74, 6) is -0.406. The van der Waals surface area contributed by atoms with Crippen molar-refractivity contribution in [1.82, 2.24) is 9.88 Å². The number of anilines is 1. The van der Waals surface area contributed by atoms with Crippen molar-refractivity contribution < 1.29 is 13.9 Å². The molecule has 1 aromatic heterocycles. The molecule has 1 fully saturated rings. The normalized spacial score (nSPS) is 14.9. The molecule has 3 aromatic rings. The third-order valence-corrected chi connectivity index (χ3v) is 8.11. The molecule has 0 N–H and O–H groups in total. The molecular formula is C34H44FN3O2. The summed E-state index contributed by atoms with van der Waals surface area (Å²) < 4.78 is 18.6. The summed E-state index contributed by atoms with van der Waals surface area (Å²) in [4.78, 5) is 22.3. The van der Waals surface area contributed by atoms with Crippen LogP contribution >= 0.6 is 0 Å². The lowest BCUT2D eigenvalue weighted by Gasteiger charge is -2.40. The third-order valence-electron chi connectivity index (χ3n) is 8.11. The summed E-state index contributed by atoms with van der Waals surface area (Å²) in [7, 11) is 2.11. The van der Waals surface area contributed by atoms with Crippen molar-refractivity contribution in [2.75, 3.05) is 38.2 Å². The zero-order chi connectivity index (χ0) is 28.9. The van der Waals surface area contributed by atoms with Crippen molar-refractivity contribution in [2.24, 2.45) is 5.41 Å². The fourth-order valence-electron chi connectivity index (χ4n) is 5.61. The zero-order valence-electron chi connectivity index (χ0n) is 25.0. The first-order valence-corrected chi connectivity index (χ1v) is 14.5. The summed E-state index contributed by atoms with van der Waals surface area (Å²) in [5, 5.41) is 0. The monoisotopic (exact) mass is 545 g/mol. The number of carbonyl (C=O) groups is 1. The van der Waals surface area contributed by atoms with Gasteiger partial charge in [-0.15, -0.1) is 0 Å². The van der Waals surface area contributed by atoms with Crippen LogP contribution in [0.2, 0.25) is 0 Å². The van der Waals surface area contributed by atoms with Crippen LogP contribution in [0.5, 0.6) is 0 Å². The second-order valence-electron chi connectivity index (χ2n) is 11.9. The summed E-state index contributed by atoms with van der Waals surface area (Å²) >= 11 is 0. The number of halogens is 1. The van der Waals surface area contributed by atoms with Gasteiger partial charge >= 0.3 is 5.97 Å². The van der Waals surface area contributed by atoms with Crippen LogP contribution in [0, 0.1) is 25.1 Å². The highest BCUT2D eigenvalue weighted by Crippen LogP contribution is 2.41. The smallest absolute Gasteiger partial charge is 0.310 e. The van der Waals surface area contributed by atoms with Crippen LogP contribution in [0.25, 0.3) is 11.1 Å². The number of ether oxygens (including phenoxy) is 1. The molecule has 2 aromatic carbocycles. The number of likely N-dealkylation sites (N-methyl/N-ethyl adjacent to an activating group) is 1. The van der Waals surface area contributed by atoms with E-state index in [-0.39, 0.29) is 18.2 Å². The van der Waals surface area contributed by atoms with Crippen molar-refractivity contribution in [1.29, 1.82) is 0 Å². The van der Waals surface area contributed by atoms with Gasteiger partial charge in [-0.25, -0.2) is 4.39 Å². The standard InChI is InChI=1S/C34H44FN3O2/c1-7-40-31(39)22-30-24(2)36-25(3)32(33(30)38-20-17-34(4,5)18-21-38)28-12-8-27(9-13-28)23-37(6)19-16-26-10-14-29(35)15-11-26/h8-15H,7,16-23H2,1-6H3. The Balaban J connectivity index is 1.59. The Morgan fingerprint density at radius 3 is 2.25 bits per heavy atom. The van der Waals surface area contributed by atoms with Crippen molar-refractivity contribution in [3.8, 4) is 11.1 Å². The van der Waals surface area contributed by atoms with Gasteiger partial charge in [-0.05, 0) is 81.3 Å². The fourth-order valence-corrected chi connectivity index (χ4v) is 5.61. The minimum Gasteiger partial charge on any atom is -0.466 e. The number of benzene rings is 2. The largest absolute Gasteiger partial charge is 0.466 e. The molecule has 0 unspecified atom stereocenters. The van der Waals surface area contributed by atoms with Crippen molar-refractivity contribution in [3.05, 3.63) is 82.4 Å². The summed E-state index contributed by atoms with van der Waals surface area (Å²) in [6, 6.07) is 15.5. The lowest BCUT2D eigenvalue weighted by molar-refractivity contribution is -0.142. The predicted octanol–water partition coefficient (Wildman–Crippen LogP) is 6.91. The first kappa shape index (κ1) is 29.7. The number of rotatable bonds is 10. The molecule has 214 valence electrons. The van der Waals surface area contributed by atoms with E-state index in [4.69, 9.17) is 9.72 Å². The summed E-state index contributed by atoms with van der Waals surface area (Å²) in [6.07, 6.45) is 3.32. The Labute approximate surface area is 239 Å². The van der Waals surface area contributed by atoms with Crippen LogP contribution in [0.4, 0.5) is 10.1 Å². The second kappa shape index (κ2) is 12.9. The van der Waals surface area contributed by atoms with Crippen molar-refractivity contribution in [3.63, 3.8) is 0 Å². The van der Waals surface area contributed by atoms with Crippen LogP contribution in [0.3, 0.4) is 0 Å². The molecule has 0 spiro atoms. The zero-order valence-corrected chi connectivity index (χ0v) is 25.0. The molecule has 5 nitrogen and oxygen atoms in total. The van der Waals surface area contributed by atoms with E-state index in [9.17, 15) is 9.18 Å². The Morgan fingerprint density at radius 1 is 1.00 bits per heavy atom. The van der Waals surface area contributed by atoms with Gasteiger partial charge in [-0.1, -0.05) is 50.2 Å². The van der Waals surface area contributed by atoms with Crippen LogP contribution in [-0.4, -0.2) is 49.1 Å². The minimum atomic E-state index is -0.209. The topological polar surface area (TPSA) is 45.7 Å². The van der Waals surface area contributed by atoms with Gasteiger partial charge in [0, 0.05) is 48.7 Å². The molecule has 1 aliphatic heterocycles. The SMILES string of the molecule is CCOC(=O)Cc1c(C)nc(C)c(-c2ccc(CN(C)CCc3ccc(F)cc3)cc2)c1N1CCC(C)(C)CC1. The number of hydrogen-bond donors (Lipinski definition) is 0. The van der Waals surface area contributed by atoms with E-state index in [1.807, 2.05) is 26.0 Å². The van der Waals surface area contributed by atoms with Crippen molar-refractivity contribution >= 4 is 11.7 Å². The van der Waals surface area contributed by atoms with Gasteiger partial charge in [-0.2, -0.15) is 0 Å². The number of hydrogen-bond acceptors (Lipinski definition) is 5. The summed E-state index contributed by atoms with van der Waals surface area (Å²) in [6.45, 7) is 14.6. The average Bonchev–Trinajstić information content (AvgIpc) is 2.91. The maximum Gasteiger partial charge on any atom is 0.310 e. The van der Waals surface area contributed by atoms with Crippen LogP contribution in [0.15, 0.2) is 48.5 Å². The van der Waals surface area contributed by atoms with E-state index in [0.29, 0.717) is 12.0 Å². The van der Waals surface area contributed by atoms with E-state index >= 15 is 0 Å². The predicted molar refractivity (Wildman–Crippen MR) is 161 cm³/mol. The lowest BCUT2D eigenvalue weighted by atomic mass is 9.82. The first-order chi connectivity index (χ1) is 19.1. The highest BCUT2D eigenvalue weighted by atomic mass is 19.1. The number of aromatic nitrogens is 1. The number of nitrogens with zero attached hydrogens (tertiary/aromatic N) is 3. The average molecular weight is 546 g/mol. The number of carbonyl (C=O) groups excluding carboxylic acids is 1. The van der Waals surface area contributed by atoms with Gasteiger partial charge in [0.05, 0.1) is 18.7 Å². The maximum atomic E-state index is 13.2. The van der Waals surface area contributed by atoms with E-state index < -0.39 is 0 Å². The van der Waals surface area contributed by atoms with Gasteiger partial charge in [0.25, 0.3) is 0 Å². The Kier molecular flexibility index (Phi) is 9.62. The molecule has 0 bridgehead atoms. The van der Waals surface area contributed by atoms with Gasteiger partial charge in [0.2, 0.25) is 0 Å². The summed E-state index contributed by atoms with van der Waals surface area (Å²) in [5.41, 5.74) is 8.91. The van der Waals surface area contributed by atoms with Crippen molar-refractivity contribution in [2.45, 2.75) is 66.8 Å². The Bertz CT molecular complexity index is 1290. The first-order valence-electron chi connectivity index (χ1n) is 14.5. The quantitative estimate of drug-likeness (QED) is 0.259. The Morgan fingerprint density at radius 2 is 1.62 bits per heavy atom. The Hall–Kier alpha value is -3.25. The molecule has 0 saturated carbocycles. The van der Waals surface area contributed by atoms with E-state index in [1.165, 1.54) is 17.7 Å². The molecule has 0 amide bonds. The van der Waals surface area contributed by atoms with Gasteiger partial charge in [-0.3, -0.25) is 9.78 Å². The van der Waals surface area contributed by atoms with E-state index in [0.717, 1.165) is 84.8 Å². The highest BCUT2D eigenvalue weighted by molar-refractivity contribution is 5.86. The molecule has 2 heterocycles. The van der Waals surface area contributed by atoms with Gasteiger partial charge in [0.1, 0.15) is 5.82 Å². The maximum absolute atomic E-state index is 13.2. The number of pyridine rings is 1. The van der Waals surface area contributed by atoms with Gasteiger partial charge in [0.15, 0.2) is 0 Å². The lowest BCUT2D eigenvalue weighted by Crippen LogP contribution is -2.38. The fraction of sp³-hybridized carbons (Fsp3) is 0.471. The highest BCUT2D eigenvalue weighted by Gasteiger charge is 2.30. The van der Waals surface area contributed by atoms with Gasteiger partial charge < -0.3 is 14.5 Å². The molecule has 6 heteroatoms. The molecule has 0 aliphatic carbocycles. The molecule has 1 saturated heterocycles. The second-order valence-corrected chi connectivity index (χ2v) is 11.9. The van der Waals surface area contributed by atoms with E-state index in [1.54, 1.807) is 0 Å². The molecule has 0 radical (unpaired) electrons. The van der Waals surface area contributed by atoms with Crippen LogP contribution in [-0.2, 0) is 28.9 Å². The van der Waals surface area contributed by atoms with Crippen LogP contribution in [0.1, 0.15) is 61.7 Å². The minimum absolute atomic E-state index is 0.198. The molecule has 1 aliphatic rings.